The van der Waals surface area contributed by atoms with Crippen LogP contribution in [0.2, 0.25) is 5.04 Å². The van der Waals surface area contributed by atoms with E-state index in [0.29, 0.717) is 13.0 Å². The lowest BCUT2D eigenvalue weighted by Gasteiger charge is -2.43. The molecule has 0 aliphatic carbocycles. The van der Waals surface area contributed by atoms with Gasteiger partial charge in [0.2, 0.25) is 0 Å². The summed E-state index contributed by atoms with van der Waals surface area (Å²) in [4.78, 5) is 26.6. The van der Waals surface area contributed by atoms with Gasteiger partial charge in [0.05, 0.1) is 0 Å². The molecule has 1 aliphatic heterocycles. The van der Waals surface area contributed by atoms with E-state index < -0.39 is 20.5 Å². The summed E-state index contributed by atoms with van der Waals surface area (Å²) in [6, 6.07) is 30.3. The first-order valence-corrected chi connectivity index (χ1v) is 15.1. The molecule has 1 fully saturated rings. The van der Waals surface area contributed by atoms with Crippen LogP contribution in [0.25, 0.3) is 0 Å². The molecule has 0 aromatic heterocycles. The fourth-order valence-corrected chi connectivity index (χ4v) is 9.88. The number of allylic oxidation sites excluding steroid dienone is 1. The smallest absolute Gasteiger partial charge is 0.417 e. The normalized spacial score (nSPS) is 16.4. The van der Waals surface area contributed by atoms with Gasteiger partial charge in [0.15, 0.2) is 0 Å². The van der Waals surface area contributed by atoms with Gasteiger partial charge in [0.25, 0.3) is 14.2 Å². The second kappa shape index (κ2) is 11.9. The number of ether oxygens (including phenoxy) is 1. The van der Waals surface area contributed by atoms with E-state index >= 15 is 0 Å². The van der Waals surface area contributed by atoms with Crippen LogP contribution in [0.4, 0.5) is 4.79 Å². The standard InChI is InChI=1S/C32H37NO4Si/c1-25(23-30(34)33-29(24-36-31(33)35)26-16-8-5-9-17-26)15-14-22-37-38(32(2,3)4,27-18-10-6-11-19-27)28-20-12-7-13-21-28/h5-13,16-21,23,29H,14-15,22,24H2,1-4H3/b25-23+/t29-/m0/s1. The first-order valence-electron chi connectivity index (χ1n) is 13.2. The summed E-state index contributed by atoms with van der Waals surface area (Å²) in [5.41, 5.74) is 1.80. The molecule has 0 radical (unpaired) electrons. The van der Waals surface area contributed by atoms with E-state index in [2.05, 4.69) is 69.3 Å². The first kappa shape index (κ1) is 27.5. The fraction of sp³-hybridized carbons (Fsp3) is 0.312. The zero-order valence-corrected chi connectivity index (χ0v) is 23.7. The molecular weight excluding hydrogens is 490 g/mol. The van der Waals surface area contributed by atoms with E-state index in [0.717, 1.165) is 17.6 Å². The molecule has 3 aromatic rings. The lowest BCUT2D eigenvalue weighted by molar-refractivity contribution is -0.124. The number of cyclic esters (lactones) is 1. The number of carbonyl (C=O) groups excluding carboxylic acids is 2. The molecule has 0 N–H and O–H groups in total. The molecule has 2 amide bonds. The van der Waals surface area contributed by atoms with E-state index in [4.69, 9.17) is 9.16 Å². The summed E-state index contributed by atoms with van der Waals surface area (Å²) in [5, 5.41) is 2.42. The van der Waals surface area contributed by atoms with Crippen molar-refractivity contribution in [2.24, 2.45) is 0 Å². The van der Waals surface area contributed by atoms with Crippen molar-refractivity contribution in [3.05, 3.63) is 108 Å². The highest BCUT2D eigenvalue weighted by molar-refractivity contribution is 6.99. The van der Waals surface area contributed by atoms with Crippen molar-refractivity contribution in [1.29, 1.82) is 0 Å². The van der Waals surface area contributed by atoms with Crippen molar-refractivity contribution in [3.63, 3.8) is 0 Å². The van der Waals surface area contributed by atoms with E-state index in [1.165, 1.54) is 15.3 Å². The van der Waals surface area contributed by atoms with Gasteiger partial charge in [-0.3, -0.25) is 4.79 Å². The molecule has 0 unspecified atom stereocenters. The first-order chi connectivity index (χ1) is 18.2. The number of amides is 2. The Kier molecular flexibility index (Phi) is 8.64. The predicted octanol–water partition coefficient (Wildman–Crippen LogP) is 6.01. The maximum atomic E-state index is 13.1. The van der Waals surface area contributed by atoms with Gasteiger partial charge >= 0.3 is 6.09 Å². The highest BCUT2D eigenvalue weighted by Gasteiger charge is 2.50. The molecule has 198 valence electrons. The maximum Gasteiger partial charge on any atom is 0.417 e. The van der Waals surface area contributed by atoms with E-state index in [-0.39, 0.29) is 17.6 Å². The van der Waals surface area contributed by atoms with Gasteiger partial charge in [0.1, 0.15) is 12.6 Å². The van der Waals surface area contributed by atoms with E-state index in [1.54, 1.807) is 6.08 Å². The van der Waals surface area contributed by atoms with Crippen LogP contribution in [0.1, 0.15) is 52.1 Å². The third-order valence-electron chi connectivity index (χ3n) is 7.12. The Morgan fingerprint density at radius 3 is 2.00 bits per heavy atom. The van der Waals surface area contributed by atoms with E-state index in [1.807, 2.05) is 49.4 Å². The molecule has 1 atom stereocenters. The summed E-state index contributed by atoms with van der Waals surface area (Å²) in [6.07, 6.45) is 2.43. The highest BCUT2D eigenvalue weighted by atomic mass is 28.4. The van der Waals surface area contributed by atoms with Gasteiger partial charge in [-0.2, -0.15) is 0 Å². The van der Waals surface area contributed by atoms with Crippen molar-refractivity contribution in [1.82, 2.24) is 4.90 Å². The van der Waals surface area contributed by atoms with E-state index in [9.17, 15) is 9.59 Å². The molecule has 4 rings (SSSR count). The predicted molar refractivity (Wildman–Crippen MR) is 154 cm³/mol. The Morgan fingerprint density at radius 1 is 0.947 bits per heavy atom. The second-order valence-corrected chi connectivity index (χ2v) is 15.1. The van der Waals surface area contributed by atoms with Gasteiger partial charge in [-0.25, -0.2) is 9.69 Å². The summed E-state index contributed by atoms with van der Waals surface area (Å²) in [6.45, 7) is 9.47. The maximum absolute atomic E-state index is 13.1. The molecule has 6 heteroatoms. The lowest BCUT2D eigenvalue weighted by atomic mass is 10.1. The van der Waals surface area contributed by atoms with Crippen molar-refractivity contribution < 1.29 is 18.8 Å². The summed E-state index contributed by atoms with van der Waals surface area (Å²) >= 11 is 0. The fourth-order valence-electron chi connectivity index (χ4n) is 5.28. The molecule has 1 saturated heterocycles. The average molecular weight is 528 g/mol. The molecule has 5 nitrogen and oxygen atoms in total. The molecule has 1 heterocycles. The number of hydrogen-bond acceptors (Lipinski definition) is 4. The van der Waals surface area contributed by atoms with Gasteiger partial charge in [-0.1, -0.05) is 117 Å². The average Bonchev–Trinajstić information content (AvgIpc) is 3.31. The summed E-state index contributed by atoms with van der Waals surface area (Å²) in [5.74, 6) is -0.341. The lowest BCUT2D eigenvalue weighted by Crippen LogP contribution is -2.66. The molecule has 38 heavy (non-hydrogen) atoms. The van der Waals surface area contributed by atoms with Crippen molar-refractivity contribution in [3.8, 4) is 0 Å². The third kappa shape index (κ3) is 5.82. The van der Waals surface area contributed by atoms with Crippen LogP contribution in [-0.2, 0) is 14.0 Å². The Morgan fingerprint density at radius 2 is 1.47 bits per heavy atom. The number of rotatable bonds is 9. The van der Waals surface area contributed by atoms with Gasteiger partial charge in [-0.15, -0.1) is 0 Å². The number of hydrogen-bond donors (Lipinski definition) is 0. The number of imide groups is 1. The minimum absolute atomic E-state index is 0.0842. The Hall–Kier alpha value is -3.48. The molecule has 1 aliphatic rings. The van der Waals surface area contributed by atoms with Crippen molar-refractivity contribution in [2.45, 2.75) is 51.6 Å². The van der Waals surface area contributed by atoms with Gasteiger partial charge < -0.3 is 9.16 Å². The van der Waals surface area contributed by atoms with Crippen LogP contribution in [0, 0.1) is 0 Å². The minimum Gasteiger partial charge on any atom is -0.446 e. The van der Waals surface area contributed by atoms with Crippen molar-refractivity contribution >= 4 is 30.7 Å². The van der Waals surface area contributed by atoms with Gasteiger partial charge in [-0.05, 0) is 40.7 Å². The molecule has 0 saturated carbocycles. The van der Waals surface area contributed by atoms with Crippen LogP contribution < -0.4 is 10.4 Å². The Balaban J connectivity index is 1.46. The second-order valence-electron chi connectivity index (χ2n) is 10.8. The minimum atomic E-state index is -2.59. The number of nitrogens with zero attached hydrogens (tertiary/aromatic N) is 1. The summed E-state index contributed by atoms with van der Waals surface area (Å²) in [7, 11) is -2.59. The number of carbonyl (C=O) groups is 2. The van der Waals surface area contributed by atoms with Crippen LogP contribution >= 0.6 is 0 Å². The molecule has 3 aromatic carbocycles. The molecule has 0 bridgehead atoms. The summed E-state index contributed by atoms with van der Waals surface area (Å²) < 4.78 is 12.2. The Labute approximate surface area is 227 Å². The number of benzene rings is 3. The SMILES string of the molecule is C/C(=C\C(=O)N1C(=O)OC[C@H]1c1ccccc1)CCCO[Si](c1ccccc1)(c1ccccc1)C(C)(C)C. The van der Waals surface area contributed by atoms with Crippen LogP contribution in [0.5, 0.6) is 0 Å². The van der Waals surface area contributed by atoms with Crippen molar-refractivity contribution in [2.75, 3.05) is 13.2 Å². The van der Waals surface area contributed by atoms with Crippen LogP contribution in [-0.4, -0.2) is 38.4 Å². The monoisotopic (exact) mass is 527 g/mol. The largest absolute Gasteiger partial charge is 0.446 e. The quantitative estimate of drug-likeness (QED) is 0.194. The van der Waals surface area contributed by atoms with Crippen LogP contribution in [0.3, 0.4) is 0 Å². The topological polar surface area (TPSA) is 55.8 Å². The zero-order chi connectivity index (χ0) is 27.2. The molecule has 0 spiro atoms. The zero-order valence-electron chi connectivity index (χ0n) is 22.7. The highest BCUT2D eigenvalue weighted by Crippen LogP contribution is 2.37. The third-order valence-corrected chi connectivity index (χ3v) is 12.2. The van der Waals surface area contributed by atoms with Gasteiger partial charge in [0, 0.05) is 12.7 Å². The Bertz CT molecular complexity index is 1210. The molecular formula is C32H37NO4Si. The van der Waals surface area contributed by atoms with Crippen LogP contribution in [0.15, 0.2) is 103 Å².